The zero-order valence-electron chi connectivity index (χ0n) is 17.3. The van der Waals surface area contributed by atoms with Crippen LogP contribution in [0.2, 0.25) is 0 Å². The Labute approximate surface area is 180 Å². The molecule has 160 valence electrons. The molecule has 0 nitrogen and oxygen atoms in total. The highest BCUT2D eigenvalue weighted by Gasteiger charge is 2.31. The van der Waals surface area contributed by atoms with Gasteiger partial charge in [0.25, 0.3) is 0 Å². The number of rotatable bonds is 7. The minimum absolute atomic E-state index is 0.231. The van der Waals surface area contributed by atoms with Crippen LogP contribution in [0.4, 0.5) is 17.6 Å². The van der Waals surface area contributed by atoms with Gasteiger partial charge in [-0.15, -0.1) is 6.42 Å². The van der Waals surface area contributed by atoms with Gasteiger partial charge in [0.1, 0.15) is 5.82 Å². The smallest absolute Gasteiger partial charge is 0.207 e. The molecule has 0 heterocycles. The summed E-state index contributed by atoms with van der Waals surface area (Å²) in [5.41, 5.74) is 2.03. The van der Waals surface area contributed by atoms with E-state index >= 15 is 0 Å². The number of hydrogen-bond donors (Lipinski definition) is 0. The third-order valence-corrected chi connectivity index (χ3v) is 5.66. The SMILES string of the molecule is C#CC(C)(CCCc1ccc(F)c(Cc2ccccc2)c1)c1ccc(C(F)(F)F)cc1. The normalized spacial score (nSPS) is 13.4. The predicted octanol–water partition coefficient (Wildman–Crippen LogP) is 7.35. The summed E-state index contributed by atoms with van der Waals surface area (Å²) in [5.74, 6) is 2.52. The van der Waals surface area contributed by atoms with Gasteiger partial charge in [0.05, 0.1) is 11.0 Å². The molecule has 0 aliphatic rings. The number of halogens is 4. The predicted molar refractivity (Wildman–Crippen MR) is 116 cm³/mol. The summed E-state index contributed by atoms with van der Waals surface area (Å²) in [6, 6.07) is 19.9. The van der Waals surface area contributed by atoms with Crippen LogP contribution in [-0.4, -0.2) is 0 Å². The van der Waals surface area contributed by atoms with Crippen molar-refractivity contribution >= 4 is 0 Å². The molecule has 0 aliphatic heterocycles. The highest BCUT2D eigenvalue weighted by atomic mass is 19.4. The minimum Gasteiger partial charge on any atom is -0.207 e. The second-order valence-electron chi connectivity index (χ2n) is 7.99. The Hall–Kier alpha value is -3.06. The molecule has 0 saturated carbocycles. The van der Waals surface area contributed by atoms with Crippen LogP contribution in [0, 0.1) is 18.2 Å². The quantitative estimate of drug-likeness (QED) is 0.275. The Bertz CT molecular complexity index is 1040. The van der Waals surface area contributed by atoms with Crippen molar-refractivity contribution in [3.8, 4) is 12.3 Å². The molecular formula is C27H24F4. The molecule has 4 heteroatoms. The van der Waals surface area contributed by atoms with Gasteiger partial charge in [0.15, 0.2) is 0 Å². The standard InChI is InChI=1S/C27H24F4/c1-3-26(2,23-12-14-24(15-13-23)27(29,30)31)17-7-10-21-11-16-25(28)22(19-21)18-20-8-5-4-6-9-20/h1,4-6,8-9,11-16,19H,7,10,17-18H2,2H3. The molecule has 0 saturated heterocycles. The molecule has 0 amide bonds. The summed E-state index contributed by atoms with van der Waals surface area (Å²) in [5, 5.41) is 0. The number of terminal acetylenes is 1. The molecule has 1 atom stereocenters. The van der Waals surface area contributed by atoms with E-state index in [4.69, 9.17) is 6.42 Å². The third-order valence-electron chi connectivity index (χ3n) is 5.66. The van der Waals surface area contributed by atoms with E-state index in [2.05, 4.69) is 5.92 Å². The van der Waals surface area contributed by atoms with Crippen molar-refractivity contribution in [2.45, 2.75) is 44.2 Å². The van der Waals surface area contributed by atoms with Crippen molar-refractivity contribution in [1.82, 2.24) is 0 Å². The average Bonchev–Trinajstić information content (AvgIpc) is 2.76. The van der Waals surface area contributed by atoms with E-state index in [0.717, 1.165) is 29.7 Å². The first-order chi connectivity index (χ1) is 14.7. The van der Waals surface area contributed by atoms with Gasteiger partial charge in [-0.1, -0.05) is 60.5 Å². The Morgan fingerprint density at radius 1 is 0.839 bits per heavy atom. The van der Waals surface area contributed by atoms with Crippen LogP contribution in [0.3, 0.4) is 0 Å². The average molecular weight is 424 g/mol. The number of alkyl halides is 3. The fourth-order valence-corrected chi connectivity index (χ4v) is 3.71. The van der Waals surface area contributed by atoms with E-state index in [9.17, 15) is 17.6 Å². The van der Waals surface area contributed by atoms with E-state index in [1.165, 1.54) is 18.2 Å². The summed E-state index contributed by atoms with van der Waals surface area (Å²) in [6.07, 6.45) is 3.96. The highest BCUT2D eigenvalue weighted by molar-refractivity contribution is 5.36. The summed E-state index contributed by atoms with van der Waals surface area (Å²) in [7, 11) is 0. The fourth-order valence-electron chi connectivity index (χ4n) is 3.71. The molecule has 0 spiro atoms. The van der Waals surface area contributed by atoms with E-state index in [-0.39, 0.29) is 5.82 Å². The lowest BCUT2D eigenvalue weighted by molar-refractivity contribution is -0.137. The lowest BCUT2D eigenvalue weighted by Gasteiger charge is -2.25. The summed E-state index contributed by atoms with van der Waals surface area (Å²) in [6.45, 7) is 1.86. The second kappa shape index (κ2) is 9.39. The van der Waals surface area contributed by atoms with Crippen molar-refractivity contribution in [1.29, 1.82) is 0 Å². The molecule has 0 radical (unpaired) electrons. The monoisotopic (exact) mass is 424 g/mol. The molecular weight excluding hydrogens is 400 g/mol. The van der Waals surface area contributed by atoms with Crippen molar-refractivity contribution in [3.63, 3.8) is 0 Å². The van der Waals surface area contributed by atoms with Crippen LogP contribution in [0.5, 0.6) is 0 Å². The van der Waals surface area contributed by atoms with Gasteiger partial charge < -0.3 is 0 Å². The maximum atomic E-state index is 14.3. The molecule has 0 aliphatic carbocycles. The van der Waals surface area contributed by atoms with Gasteiger partial charge in [-0.2, -0.15) is 13.2 Å². The van der Waals surface area contributed by atoms with E-state index in [1.807, 2.05) is 43.3 Å². The zero-order valence-corrected chi connectivity index (χ0v) is 17.3. The van der Waals surface area contributed by atoms with Crippen LogP contribution in [0.15, 0.2) is 72.8 Å². The van der Waals surface area contributed by atoms with Crippen molar-refractivity contribution < 1.29 is 17.6 Å². The van der Waals surface area contributed by atoms with Crippen molar-refractivity contribution in [2.24, 2.45) is 0 Å². The largest absolute Gasteiger partial charge is 0.416 e. The van der Waals surface area contributed by atoms with Crippen molar-refractivity contribution in [2.75, 3.05) is 0 Å². The first-order valence-electron chi connectivity index (χ1n) is 10.2. The van der Waals surface area contributed by atoms with E-state index in [0.29, 0.717) is 30.4 Å². The first-order valence-corrected chi connectivity index (χ1v) is 10.2. The van der Waals surface area contributed by atoms with Gasteiger partial charge in [-0.05, 0) is 66.6 Å². The lowest BCUT2D eigenvalue weighted by atomic mass is 9.78. The highest BCUT2D eigenvalue weighted by Crippen LogP contribution is 2.33. The Kier molecular flexibility index (Phi) is 6.85. The van der Waals surface area contributed by atoms with Crippen LogP contribution in [0.1, 0.15) is 47.6 Å². The zero-order chi connectivity index (χ0) is 22.5. The molecule has 3 rings (SSSR count). The number of benzene rings is 3. The maximum absolute atomic E-state index is 14.3. The minimum atomic E-state index is -4.37. The van der Waals surface area contributed by atoms with Crippen molar-refractivity contribution in [3.05, 3.63) is 106 Å². The molecule has 0 fully saturated rings. The number of hydrogen-bond acceptors (Lipinski definition) is 0. The van der Waals surface area contributed by atoms with E-state index in [1.54, 1.807) is 6.07 Å². The Morgan fingerprint density at radius 3 is 2.10 bits per heavy atom. The van der Waals surface area contributed by atoms with E-state index < -0.39 is 17.2 Å². The third kappa shape index (κ3) is 5.76. The first kappa shape index (κ1) is 22.6. The Balaban J connectivity index is 1.67. The molecule has 31 heavy (non-hydrogen) atoms. The summed E-state index contributed by atoms with van der Waals surface area (Å²) >= 11 is 0. The summed E-state index contributed by atoms with van der Waals surface area (Å²) < 4.78 is 52.7. The second-order valence-corrected chi connectivity index (χ2v) is 7.99. The van der Waals surface area contributed by atoms with Gasteiger partial charge in [-0.25, -0.2) is 4.39 Å². The maximum Gasteiger partial charge on any atom is 0.416 e. The molecule has 0 N–H and O–H groups in total. The molecule has 1 unspecified atom stereocenters. The van der Waals surface area contributed by atoms with Gasteiger partial charge in [0.2, 0.25) is 0 Å². The van der Waals surface area contributed by atoms with Gasteiger partial charge in [0, 0.05) is 6.42 Å². The van der Waals surface area contributed by atoms with Crippen LogP contribution >= 0.6 is 0 Å². The topological polar surface area (TPSA) is 0 Å². The molecule has 3 aromatic carbocycles. The number of aryl methyl sites for hydroxylation is 1. The van der Waals surface area contributed by atoms with Crippen LogP contribution < -0.4 is 0 Å². The Morgan fingerprint density at radius 2 is 1.48 bits per heavy atom. The van der Waals surface area contributed by atoms with Gasteiger partial charge in [-0.3, -0.25) is 0 Å². The van der Waals surface area contributed by atoms with Crippen LogP contribution in [0.25, 0.3) is 0 Å². The molecule has 3 aromatic rings. The molecule has 0 bridgehead atoms. The van der Waals surface area contributed by atoms with Gasteiger partial charge >= 0.3 is 6.18 Å². The molecule has 0 aromatic heterocycles. The fraction of sp³-hybridized carbons (Fsp3) is 0.259. The van der Waals surface area contributed by atoms with Crippen LogP contribution in [-0.2, 0) is 24.4 Å². The summed E-state index contributed by atoms with van der Waals surface area (Å²) in [4.78, 5) is 0. The lowest BCUT2D eigenvalue weighted by Crippen LogP contribution is -2.20.